The van der Waals surface area contributed by atoms with Crippen molar-refractivity contribution in [3.05, 3.63) is 72.6 Å². The Morgan fingerprint density at radius 1 is 0.909 bits per heavy atom. The molecule has 0 saturated carbocycles. The standard InChI is InChI=1S/C25H26N4O4/c30-24(11-10-19-16-26-29(17-19)20-6-2-1-3-7-20)27-12-14-28(15-13-27)25(31)23-18-32-21-8-4-5-9-22(21)33-23/h1-9,16-17,23H,10-15,18H2/t23-/m1/s1. The molecule has 8 nitrogen and oxygen atoms in total. The lowest BCUT2D eigenvalue weighted by Crippen LogP contribution is -2.55. The van der Waals surface area contributed by atoms with Gasteiger partial charge in [0.15, 0.2) is 11.5 Å². The molecule has 0 spiro atoms. The third-order valence-electron chi connectivity index (χ3n) is 6.01. The first-order valence-electron chi connectivity index (χ1n) is 11.2. The number of para-hydroxylation sites is 3. The molecule has 0 N–H and O–H groups in total. The van der Waals surface area contributed by atoms with E-state index >= 15 is 0 Å². The second-order valence-electron chi connectivity index (χ2n) is 8.20. The molecule has 3 aromatic rings. The number of aromatic nitrogens is 2. The Bertz CT molecular complexity index is 1120. The van der Waals surface area contributed by atoms with Gasteiger partial charge in [-0.2, -0.15) is 5.10 Å². The maximum atomic E-state index is 12.9. The fourth-order valence-corrected chi connectivity index (χ4v) is 4.14. The van der Waals surface area contributed by atoms with Crippen LogP contribution < -0.4 is 9.47 Å². The Morgan fingerprint density at radius 2 is 1.61 bits per heavy atom. The molecule has 0 aliphatic carbocycles. The lowest BCUT2D eigenvalue weighted by molar-refractivity contribution is -0.146. The number of nitrogens with zero attached hydrogens (tertiary/aromatic N) is 4. The molecule has 1 saturated heterocycles. The van der Waals surface area contributed by atoms with E-state index in [1.54, 1.807) is 17.2 Å². The van der Waals surface area contributed by atoms with E-state index in [4.69, 9.17) is 9.47 Å². The van der Waals surface area contributed by atoms with Crippen molar-refractivity contribution in [3.8, 4) is 17.2 Å². The van der Waals surface area contributed by atoms with E-state index in [0.717, 1.165) is 11.3 Å². The number of carbonyl (C=O) groups is 2. The number of ether oxygens (including phenoxy) is 2. The Labute approximate surface area is 192 Å². The van der Waals surface area contributed by atoms with Crippen LogP contribution in [0.25, 0.3) is 5.69 Å². The van der Waals surface area contributed by atoms with Gasteiger partial charge in [-0.1, -0.05) is 30.3 Å². The molecular weight excluding hydrogens is 420 g/mol. The Balaban J connectivity index is 1.09. The minimum Gasteiger partial charge on any atom is -0.485 e. The molecule has 0 unspecified atom stereocenters. The van der Waals surface area contributed by atoms with Crippen LogP contribution in [0.1, 0.15) is 12.0 Å². The molecule has 33 heavy (non-hydrogen) atoms. The second-order valence-corrected chi connectivity index (χ2v) is 8.20. The van der Waals surface area contributed by atoms with Crippen LogP contribution in [0, 0.1) is 0 Å². The van der Waals surface area contributed by atoms with Crippen LogP contribution in [0.5, 0.6) is 11.5 Å². The van der Waals surface area contributed by atoms with Crippen LogP contribution in [-0.4, -0.2) is 70.3 Å². The largest absolute Gasteiger partial charge is 0.485 e. The van der Waals surface area contributed by atoms with E-state index in [1.165, 1.54) is 0 Å². The lowest BCUT2D eigenvalue weighted by Gasteiger charge is -2.37. The van der Waals surface area contributed by atoms with Crippen molar-refractivity contribution in [1.82, 2.24) is 19.6 Å². The van der Waals surface area contributed by atoms with Crippen LogP contribution in [0.2, 0.25) is 0 Å². The predicted octanol–water partition coefficient (Wildman–Crippen LogP) is 2.32. The minimum atomic E-state index is -0.650. The molecule has 1 fully saturated rings. The van der Waals surface area contributed by atoms with Crippen LogP contribution in [0.3, 0.4) is 0 Å². The molecule has 2 aliphatic heterocycles. The molecule has 3 heterocycles. The maximum absolute atomic E-state index is 12.9. The summed E-state index contributed by atoms with van der Waals surface area (Å²) < 4.78 is 13.3. The van der Waals surface area contributed by atoms with Gasteiger partial charge in [-0.3, -0.25) is 9.59 Å². The smallest absolute Gasteiger partial charge is 0.267 e. The number of hydrogen-bond donors (Lipinski definition) is 0. The van der Waals surface area contributed by atoms with E-state index in [1.807, 2.05) is 64.3 Å². The van der Waals surface area contributed by atoms with Crippen molar-refractivity contribution in [2.45, 2.75) is 18.9 Å². The minimum absolute atomic E-state index is 0.0927. The highest BCUT2D eigenvalue weighted by Crippen LogP contribution is 2.31. The third kappa shape index (κ3) is 4.69. The number of carbonyl (C=O) groups excluding carboxylic acids is 2. The van der Waals surface area contributed by atoms with Crippen molar-refractivity contribution in [3.63, 3.8) is 0 Å². The summed E-state index contributed by atoms with van der Waals surface area (Å²) in [6, 6.07) is 17.2. The van der Waals surface area contributed by atoms with E-state index in [0.29, 0.717) is 50.5 Å². The molecule has 1 atom stereocenters. The van der Waals surface area contributed by atoms with Crippen LogP contribution >= 0.6 is 0 Å². The lowest BCUT2D eigenvalue weighted by atomic mass is 10.1. The average molecular weight is 447 g/mol. The summed E-state index contributed by atoms with van der Waals surface area (Å²) in [6.07, 6.45) is 4.18. The van der Waals surface area contributed by atoms with Crippen molar-refractivity contribution >= 4 is 11.8 Å². The van der Waals surface area contributed by atoms with Gasteiger partial charge in [-0.05, 0) is 36.2 Å². The molecule has 0 radical (unpaired) electrons. The zero-order valence-corrected chi connectivity index (χ0v) is 18.3. The average Bonchev–Trinajstić information content (AvgIpc) is 3.36. The van der Waals surface area contributed by atoms with Gasteiger partial charge >= 0.3 is 0 Å². The summed E-state index contributed by atoms with van der Waals surface area (Å²) >= 11 is 0. The fraction of sp³-hybridized carbons (Fsp3) is 0.320. The number of aryl methyl sites for hydroxylation is 1. The van der Waals surface area contributed by atoms with Gasteiger partial charge in [0.2, 0.25) is 12.0 Å². The van der Waals surface area contributed by atoms with Gasteiger partial charge in [-0.15, -0.1) is 0 Å². The number of rotatable bonds is 5. The summed E-state index contributed by atoms with van der Waals surface area (Å²) in [5.74, 6) is 1.25. The van der Waals surface area contributed by atoms with Gasteiger partial charge in [0.1, 0.15) is 6.61 Å². The normalized spacial score (nSPS) is 17.6. The first-order valence-corrected chi connectivity index (χ1v) is 11.2. The fourth-order valence-electron chi connectivity index (χ4n) is 4.14. The van der Waals surface area contributed by atoms with Crippen molar-refractivity contribution < 1.29 is 19.1 Å². The zero-order chi connectivity index (χ0) is 22.6. The van der Waals surface area contributed by atoms with Crippen molar-refractivity contribution in [2.75, 3.05) is 32.8 Å². The molecule has 5 rings (SSSR count). The van der Waals surface area contributed by atoms with E-state index in [2.05, 4.69) is 5.10 Å². The monoisotopic (exact) mass is 446 g/mol. The quantitative estimate of drug-likeness (QED) is 0.601. The summed E-state index contributed by atoms with van der Waals surface area (Å²) in [6.45, 7) is 2.25. The van der Waals surface area contributed by atoms with Crippen molar-refractivity contribution in [1.29, 1.82) is 0 Å². The Hall–Kier alpha value is -3.81. The number of hydrogen-bond acceptors (Lipinski definition) is 5. The first kappa shape index (κ1) is 21.1. The van der Waals surface area contributed by atoms with E-state index in [9.17, 15) is 9.59 Å². The summed E-state index contributed by atoms with van der Waals surface area (Å²) in [7, 11) is 0. The maximum Gasteiger partial charge on any atom is 0.267 e. The van der Waals surface area contributed by atoms with Crippen molar-refractivity contribution in [2.24, 2.45) is 0 Å². The molecule has 2 aliphatic rings. The highest BCUT2D eigenvalue weighted by molar-refractivity contribution is 5.82. The molecule has 170 valence electrons. The van der Waals surface area contributed by atoms with Gasteiger partial charge in [0, 0.05) is 38.8 Å². The molecule has 0 bridgehead atoms. The number of benzene rings is 2. The number of amides is 2. The number of fused-ring (bicyclic) bond motifs is 1. The molecule has 2 amide bonds. The van der Waals surface area contributed by atoms with E-state index < -0.39 is 6.10 Å². The Morgan fingerprint density at radius 3 is 2.39 bits per heavy atom. The predicted molar refractivity (Wildman–Crippen MR) is 121 cm³/mol. The van der Waals surface area contributed by atoms with Crippen LogP contribution in [-0.2, 0) is 16.0 Å². The van der Waals surface area contributed by atoms with Gasteiger partial charge < -0.3 is 19.3 Å². The third-order valence-corrected chi connectivity index (χ3v) is 6.01. The topological polar surface area (TPSA) is 76.9 Å². The molecule has 1 aromatic heterocycles. The van der Waals surface area contributed by atoms with Gasteiger partial charge in [0.05, 0.1) is 11.9 Å². The molecule has 8 heteroatoms. The zero-order valence-electron chi connectivity index (χ0n) is 18.3. The van der Waals surface area contributed by atoms with Crippen LogP contribution in [0.15, 0.2) is 67.0 Å². The summed E-state index contributed by atoms with van der Waals surface area (Å²) in [5, 5.41) is 4.39. The Kier molecular flexibility index (Phi) is 5.97. The summed E-state index contributed by atoms with van der Waals surface area (Å²) in [4.78, 5) is 29.2. The van der Waals surface area contributed by atoms with Gasteiger partial charge in [0.25, 0.3) is 5.91 Å². The van der Waals surface area contributed by atoms with E-state index in [-0.39, 0.29) is 18.4 Å². The highest BCUT2D eigenvalue weighted by Gasteiger charge is 2.33. The van der Waals surface area contributed by atoms with Gasteiger partial charge in [-0.25, -0.2) is 4.68 Å². The van der Waals surface area contributed by atoms with Crippen LogP contribution in [0.4, 0.5) is 0 Å². The molecule has 2 aromatic carbocycles. The SMILES string of the molecule is O=C(CCc1cnn(-c2ccccc2)c1)N1CCN(C(=O)[C@H]2COc3ccccc3O2)CC1. The second kappa shape index (κ2) is 9.36. The number of piperazine rings is 1. The summed E-state index contributed by atoms with van der Waals surface area (Å²) in [5.41, 5.74) is 2.02. The molecular formula is C25H26N4O4. The highest BCUT2D eigenvalue weighted by atomic mass is 16.6. The first-order chi connectivity index (χ1) is 16.2.